The van der Waals surface area contributed by atoms with Crippen LogP contribution in [-0.2, 0) is 19.1 Å². The van der Waals surface area contributed by atoms with Crippen LogP contribution in [0, 0.1) is 0 Å². The van der Waals surface area contributed by atoms with Gasteiger partial charge in [0, 0.05) is 12.8 Å². The number of amides is 1. The lowest BCUT2D eigenvalue weighted by molar-refractivity contribution is -0.179. The molecule has 0 aliphatic heterocycles. The van der Waals surface area contributed by atoms with Crippen molar-refractivity contribution < 1.29 is 32.3 Å². The molecule has 18 heavy (non-hydrogen) atoms. The molecule has 0 aromatic rings. The number of halogens is 3. The number of ether oxygens (including phenoxy) is 1. The molecular formula is C10H12F3NO4. The van der Waals surface area contributed by atoms with Crippen LogP contribution in [0.4, 0.5) is 13.2 Å². The van der Waals surface area contributed by atoms with E-state index in [1.54, 1.807) is 5.32 Å². The van der Waals surface area contributed by atoms with Crippen molar-refractivity contribution in [3.8, 4) is 0 Å². The van der Waals surface area contributed by atoms with E-state index < -0.39 is 23.6 Å². The zero-order valence-electron chi connectivity index (χ0n) is 9.60. The van der Waals surface area contributed by atoms with E-state index >= 15 is 0 Å². The number of rotatable bonds is 2. The molecule has 0 saturated heterocycles. The Labute approximate surface area is 101 Å². The zero-order chi connectivity index (χ0) is 14.0. The third kappa shape index (κ3) is 2.99. The van der Waals surface area contributed by atoms with Crippen LogP contribution < -0.4 is 5.32 Å². The van der Waals surface area contributed by atoms with E-state index in [1.165, 1.54) is 0 Å². The summed E-state index contributed by atoms with van der Waals surface area (Å²) in [5, 5.41) is 1.65. The number of Topliss-reactive ketones (excluding diaryl/α,β-unsaturated/α-hetero) is 1. The van der Waals surface area contributed by atoms with Crippen LogP contribution in [0.15, 0.2) is 0 Å². The third-order valence-electron chi connectivity index (χ3n) is 2.85. The topological polar surface area (TPSA) is 72.5 Å². The molecule has 1 amide bonds. The molecule has 0 unspecified atom stereocenters. The summed E-state index contributed by atoms with van der Waals surface area (Å²) in [5.74, 6) is -3.33. The average Bonchev–Trinajstić information content (AvgIpc) is 2.30. The largest absolute Gasteiger partial charge is 0.471 e. The highest BCUT2D eigenvalue weighted by atomic mass is 19.4. The number of esters is 1. The van der Waals surface area contributed by atoms with Gasteiger partial charge in [-0.1, -0.05) is 0 Å². The summed E-state index contributed by atoms with van der Waals surface area (Å²) in [5.41, 5.74) is -1.75. The van der Waals surface area contributed by atoms with Crippen LogP contribution in [0.25, 0.3) is 0 Å². The fraction of sp³-hybridized carbons (Fsp3) is 0.700. The molecule has 1 saturated carbocycles. The molecule has 1 rings (SSSR count). The van der Waals surface area contributed by atoms with E-state index in [4.69, 9.17) is 0 Å². The summed E-state index contributed by atoms with van der Waals surface area (Å²) in [7, 11) is 1.01. The quantitative estimate of drug-likeness (QED) is 0.748. The molecule has 1 fully saturated rings. The lowest BCUT2D eigenvalue weighted by atomic mass is 9.81. The van der Waals surface area contributed by atoms with Gasteiger partial charge >= 0.3 is 18.1 Å². The smallest absolute Gasteiger partial charge is 0.467 e. The summed E-state index contributed by atoms with van der Waals surface area (Å²) in [6.45, 7) is 0. The molecule has 0 heterocycles. The van der Waals surface area contributed by atoms with Crippen molar-refractivity contribution in [2.24, 2.45) is 0 Å². The van der Waals surface area contributed by atoms with Crippen LogP contribution in [0.5, 0.6) is 0 Å². The van der Waals surface area contributed by atoms with Crippen LogP contribution in [0.3, 0.4) is 0 Å². The number of hydrogen-bond donors (Lipinski definition) is 1. The minimum absolute atomic E-state index is 0.0623. The SMILES string of the molecule is COC(=O)C1(NC(=O)C(F)(F)F)CCC(=O)CC1. The van der Waals surface area contributed by atoms with Crippen molar-refractivity contribution >= 4 is 17.7 Å². The Bertz CT molecular complexity index is 368. The highest BCUT2D eigenvalue weighted by Crippen LogP contribution is 2.29. The van der Waals surface area contributed by atoms with E-state index in [9.17, 15) is 27.6 Å². The van der Waals surface area contributed by atoms with Crippen molar-refractivity contribution in [3.05, 3.63) is 0 Å². The van der Waals surface area contributed by atoms with Crippen molar-refractivity contribution in [2.45, 2.75) is 37.4 Å². The number of carbonyl (C=O) groups excluding carboxylic acids is 3. The van der Waals surface area contributed by atoms with Crippen molar-refractivity contribution in [1.82, 2.24) is 5.32 Å². The predicted octanol–water partition coefficient (Wildman–Crippen LogP) is 0.720. The van der Waals surface area contributed by atoms with Crippen LogP contribution >= 0.6 is 0 Å². The minimum Gasteiger partial charge on any atom is -0.467 e. The monoisotopic (exact) mass is 267 g/mol. The Balaban J connectivity index is 2.89. The number of alkyl halides is 3. The molecule has 1 aliphatic rings. The van der Waals surface area contributed by atoms with E-state index in [0.717, 1.165) is 7.11 Å². The van der Waals surface area contributed by atoms with Gasteiger partial charge in [0.25, 0.3) is 0 Å². The number of nitrogens with one attached hydrogen (secondary N) is 1. The lowest BCUT2D eigenvalue weighted by Crippen LogP contribution is -2.59. The molecule has 1 aliphatic carbocycles. The summed E-state index contributed by atoms with van der Waals surface area (Å²) in [6, 6.07) is 0. The molecule has 0 atom stereocenters. The van der Waals surface area contributed by atoms with E-state index in [-0.39, 0.29) is 31.5 Å². The van der Waals surface area contributed by atoms with Gasteiger partial charge in [-0.25, -0.2) is 4.79 Å². The Morgan fingerprint density at radius 3 is 2.17 bits per heavy atom. The second kappa shape index (κ2) is 4.95. The van der Waals surface area contributed by atoms with Crippen LogP contribution in [0.2, 0.25) is 0 Å². The first-order valence-electron chi connectivity index (χ1n) is 5.21. The number of methoxy groups -OCH3 is 1. The molecule has 0 spiro atoms. The van der Waals surface area contributed by atoms with Gasteiger partial charge in [0.05, 0.1) is 7.11 Å². The summed E-state index contributed by atoms with van der Waals surface area (Å²) >= 11 is 0. The molecular weight excluding hydrogens is 255 g/mol. The Morgan fingerprint density at radius 1 is 1.28 bits per heavy atom. The van der Waals surface area contributed by atoms with Gasteiger partial charge in [-0.05, 0) is 12.8 Å². The molecule has 0 aromatic heterocycles. The highest BCUT2D eigenvalue weighted by Gasteiger charge is 2.49. The van der Waals surface area contributed by atoms with E-state index in [0.29, 0.717) is 0 Å². The molecule has 1 N–H and O–H groups in total. The van der Waals surface area contributed by atoms with Crippen LogP contribution in [-0.4, -0.2) is 36.5 Å². The first-order valence-corrected chi connectivity index (χ1v) is 5.21. The van der Waals surface area contributed by atoms with Crippen LogP contribution in [0.1, 0.15) is 25.7 Å². The lowest BCUT2D eigenvalue weighted by Gasteiger charge is -2.34. The maximum absolute atomic E-state index is 12.2. The first kappa shape index (κ1) is 14.5. The Hall–Kier alpha value is -1.60. The first-order chi connectivity index (χ1) is 8.21. The minimum atomic E-state index is -5.08. The average molecular weight is 267 g/mol. The Kier molecular flexibility index (Phi) is 3.98. The van der Waals surface area contributed by atoms with Gasteiger partial charge in [0.15, 0.2) is 0 Å². The van der Waals surface area contributed by atoms with E-state index in [2.05, 4.69) is 4.74 Å². The molecule has 0 radical (unpaired) electrons. The normalized spacial score (nSPS) is 19.2. The van der Waals surface area contributed by atoms with Gasteiger partial charge < -0.3 is 10.1 Å². The van der Waals surface area contributed by atoms with Crippen molar-refractivity contribution in [1.29, 1.82) is 0 Å². The fourth-order valence-electron chi connectivity index (χ4n) is 1.82. The summed E-state index contributed by atoms with van der Waals surface area (Å²) in [6.07, 6.45) is -5.57. The standard InChI is InChI=1S/C10H12F3NO4/c1-18-8(17)9(4-2-6(15)3-5-9)14-7(16)10(11,12)13/h2-5H2,1H3,(H,14,16). The number of hydrogen-bond acceptors (Lipinski definition) is 4. The molecule has 8 heteroatoms. The zero-order valence-corrected chi connectivity index (χ0v) is 9.60. The maximum atomic E-state index is 12.2. The van der Waals surface area contributed by atoms with Gasteiger partial charge in [-0.2, -0.15) is 13.2 Å². The van der Waals surface area contributed by atoms with Gasteiger partial charge in [-0.15, -0.1) is 0 Å². The highest BCUT2D eigenvalue weighted by molar-refractivity contribution is 5.92. The van der Waals surface area contributed by atoms with Gasteiger partial charge in [0.2, 0.25) is 0 Å². The summed E-state index contributed by atoms with van der Waals surface area (Å²) in [4.78, 5) is 33.5. The molecule has 102 valence electrons. The van der Waals surface area contributed by atoms with Crippen molar-refractivity contribution in [2.75, 3.05) is 7.11 Å². The summed E-state index contributed by atoms with van der Waals surface area (Å²) < 4.78 is 41.0. The third-order valence-corrected chi connectivity index (χ3v) is 2.85. The second-order valence-electron chi connectivity index (χ2n) is 4.06. The van der Waals surface area contributed by atoms with Crippen molar-refractivity contribution in [3.63, 3.8) is 0 Å². The van der Waals surface area contributed by atoms with Gasteiger partial charge in [0.1, 0.15) is 11.3 Å². The number of ketones is 1. The molecule has 5 nitrogen and oxygen atoms in total. The Morgan fingerprint density at radius 2 is 1.78 bits per heavy atom. The van der Waals surface area contributed by atoms with Gasteiger partial charge in [-0.3, -0.25) is 9.59 Å². The fourth-order valence-corrected chi connectivity index (χ4v) is 1.82. The predicted molar refractivity (Wildman–Crippen MR) is 52.4 cm³/mol. The van der Waals surface area contributed by atoms with E-state index in [1.807, 2.05) is 0 Å². The maximum Gasteiger partial charge on any atom is 0.471 e. The second-order valence-corrected chi connectivity index (χ2v) is 4.06. The molecule has 0 aromatic carbocycles. The molecule has 0 bridgehead atoms. The number of carbonyl (C=O) groups is 3.